The van der Waals surface area contributed by atoms with Gasteiger partial charge >= 0.3 is 6.18 Å². The molecule has 1 aromatic rings. The largest absolute Gasteiger partial charge is 0.416 e. The minimum Gasteiger partial charge on any atom is -0.348 e. The van der Waals surface area contributed by atoms with Gasteiger partial charge in [-0.2, -0.15) is 13.2 Å². The monoisotopic (exact) mass is 372 g/mol. The number of benzene rings is 1. The second-order valence-electron chi connectivity index (χ2n) is 6.73. The van der Waals surface area contributed by atoms with E-state index in [9.17, 15) is 18.0 Å². The van der Waals surface area contributed by atoms with Crippen LogP contribution in [0, 0.1) is 0 Å². The lowest BCUT2D eigenvalue weighted by Gasteiger charge is -2.29. The zero-order valence-electron chi connectivity index (χ0n) is 14.2. The molecule has 1 saturated heterocycles. The van der Waals surface area contributed by atoms with Crippen molar-refractivity contribution in [3.63, 3.8) is 0 Å². The summed E-state index contributed by atoms with van der Waals surface area (Å²) in [7, 11) is 0. The molecule has 1 aliphatic carbocycles. The molecule has 0 radical (unpaired) electrons. The van der Waals surface area contributed by atoms with Crippen molar-refractivity contribution in [3.8, 4) is 0 Å². The van der Waals surface area contributed by atoms with Crippen LogP contribution in [-0.2, 0) is 6.18 Å². The Morgan fingerprint density at radius 3 is 2.56 bits per heavy atom. The number of nitrogens with zero attached hydrogens (tertiary/aromatic N) is 1. The molecule has 2 aliphatic rings. The van der Waals surface area contributed by atoms with Gasteiger partial charge in [0, 0.05) is 17.0 Å². The number of halogens is 3. The topological polar surface area (TPSA) is 32.3 Å². The Morgan fingerprint density at radius 1 is 1.20 bits per heavy atom. The van der Waals surface area contributed by atoms with Crippen LogP contribution in [0.15, 0.2) is 23.1 Å². The number of carbonyl (C=O) groups excluding carboxylic acids is 1. The first-order valence-corrected chi connectivity index (χ1v) is 9.93. The van der Waals surface area contributed by atoms with Gasteiger partial charge in [0.05, 0.1) is 11.1 Å². The first-order chi connectivity index (χ1) is 11.9. The SMILES string of the molecule is CSc1cc(C(F)(F)F)ccc1C(=O)N[C@H]1CCC[C@H]1N1CCCC1. The molecule has 1 saturated carbocycles. The standard InChI is InChI=1S/C18H23F3N2OS/c1-25-16-11-12(18(19,20)21)7-8-13(16)17(24)22-14-5-4-6-15(14)23-9-2-3-10-23/h7-8,11,14-15H,2-6,9-10H2,1H3,(H,22,24)/t14-,15+/m0/s1. The van der Waals surface area contributed by atoms with E-state index in [-0.39, 0.29) is 11.9 Å². The molecule has 7 heteroatoms. The van der Waals surface area contributed by atoms with E-state index in [0.717, 1.165) is 44.5 Å². The molecule has 25 heavy (non-hydrogen) atoms. The molecule has 3 rings (SSSR count). The zero-order chi connectivity index (χ0) is 18.0. The fraction of sp³-hybridized carbons (Fsp3) is 0.611. The van der Waals surface area contributed by atoms with Crippen molar-refractivity contribution in [2.24, 2.45) is 0 Å². The first-order valence-electron chi connectivity index (χ1n) is 8.70. The van der Waals surface area contributed by atoms with Gasteiger partial charge in [-0.15, -0.1) is 11.8 Å². The van der Waals surface area contributed by atoms with Crippen molar-refractivity contribution in [1.82, 2.24) is 10.2 Å². The Kier molecular flexibility index (Phi) is 5.63. The summed E-state index contributed by atoms with van der Waals surface area (Å²) in [6, 6.07) is 3.79. The summed E-state index contributed by atoms with van der Waals surface area (Å²) >= 11 is 1.17. The second-order valence-corrected chi connectivity index (χ2v) is 7.58. The van der Waals surface area contributed by atoms with Crippen LogP contribution in [0.5, 0.6) is 0 Å². The third-order valence-electron chi connectivity index (χ3n) is 5.18. The average Bonchev–Trinajstić information content (AvgIpc) is 3.24. The van der Waals surface area contributed by atoms with Crippen LogP contribution in [0.4, 0.5) is 13.2 Å². The van der Waals surface area contributed by atoms with Gasteiger partial charge in [-0.05, 0) is 69.6 Å². The third-order valence-corrected chi connectivity index (χ3v) is 5.96. The highest BCUT2D eigenvalue weighted by atomic mass is 32.2. The average molecular weight is 372 g/mol. The van der Waals surface area contributed by atoms with E-state index in [2.05, 4.69) is 10.2 Å². The summed E-state index contributed by atoms with van der Waals surface area (Å²) in [5, 5.41) is 3.08. The summed E-state index contributed by atoms with van der Waals surface area (Å²) in [4.78, 5) is 15.5. The number of hydrogen-bond donors (Lipinski definition) is 1. The highest BCUT2D eigenvalue weighted by Crippen LogP contribution is 2.33. The van der Waals surface area contributed by atoms with Gasteiger partial charge in [-0.3, -0.25) is 9.69 Å². The van der Waals surface area contributed by atoms with E-state index >= 15 is 0 Å². The summed E-state index contributed by atoms with van der Waals surface area (Å²) in [6.07, 6.45) is 2.78. The van der Waals surface area contributed by atoms with Crippen LogP contribution in [-0.4, -0.2) is 42.2 Å². The number of alkyl halides is 3. The van der Waals surface area contributed by atoms with Crippen LogP contribution in [0.2, 0.25) is 0 Å². The molecule has 138 valence electrons. The van der Waals surface area contributed by atoms with Crippen molar-refractivity contribution < 1.29 is 18.0 Å². The van der Waals surface area contributed by atoms with Crippen LogP contribution in [0.25, 0.3) is 0 Å². The van der Waals surface area contributed by atoms with Gasteiger partial charge in [0.2, 0.25) is 0 Å². The minimum absolute atomic E-state index is 0.0857. The number of nitrogens with one attached hydrogen (secondary N) is 1. The maximum absolute atomic E-state index is 12.9. The number of thioether (sulfide) groups is 1. The van der Waals surface area contributed by atoms with Gasteiger partial charge in [0.1, 0.15) is 0 Å². The van der Waals surface area contributed by atoms with Gasteiger partial charge in [-0.25, -0.2) is 0 Å². The Hall–Kier alpha value is -1.21. The lowest BCUT2D eigenvalue weighted by molar-refractivity contribution is -0.137. The fourth-order valence-corrected chi connectivity index (χ4v) is 4.55. The van der Waals surface area contributed by atoms with E-state index in [1.54, 1.807) is 6.26 Å². The molecule has 1 amide bonds. The van der Waals surface area contributed by atoms with E-state index in [4.69, 9.17) is 0 Å². The molecule has 2 fully saturated rings. The summed E-state index contributed by atoms with van der Waals surface area (Å²) in [5.74, 6) is -0.269. The molecule has 3 nitrogen and oxygen atoms in total. The van der Waals surface area contributed by atoms with Gasteiger partial charge in [0.25, 0.3) is 5.91 Å². The predicted octanol–water partition coefficient (Wildman–Crippen LogP) is 4.17. The fourth-order valence-electron chi connectivity index (χ4n) is 3.92. The van der Waals surface area contributed by atoms with E-state index in [1.165, 1.54) is 30.7 Å². The molecule has 2 atom stereocenters. The summed E-state index contributed by atoms with van der Waals surface area (Å²) in [6.45, 7) is 2.15. The van der Waals surface area contributed by atoms with Crippen LogP contribution >= 0.6 is 11.8 Å². The Labute approximate surface area is 150 Å². The van der Waals surface area contributed by atoms with Crippen molar-refractivity contribution >= 4 is 17.7 Å². The summed E-state index contributed by atoms with van der Waals surface area (Å²) in [5.41, 5.74) is -0.392. The molecule has 0 spiro atoms. The zero-order valence-corrected chi connectivity index (χ0v) is 15.1. The van der Waals surface area contributed by atoms with Gasteiger partial charge in [-0.1, -0.05) is 0 Å². The lowest BCUT2D eigenvalue weighted by atomic mass is 10.1. The molecular formula is C18H23F3N2OS. The Bertz CT molecular complexity index is 629. The minimum atomic E-state index is -4.40. The van der Waals surface area contributed by atoms with Gasteiger partial charge < -0.3 is 5.32 Å². The molecule has 1 aliphatic heterocycles. The van der Waals surface area contributed by atoms with E-state index in [0.29, 0.717) is 16.5 Å². The highest BCUT2D eigenvalue weighted by molar-refractivity contribution is 7.98. The molecule has 0 bridgehead atoms. The maximum Gasteiger partial charge on any atom is 0.416 e. The van der Waals surface area contributed by atoms with Crippen molar-refractivity contribution in [2.75, 3.05) is 19.3 Å². The first kappa shape index (κ1) is 18.6. The van der Waals surface area contributed by atoms with E-state index < -0.39 is 11.7 Å². The quantitative estimate of drug-likeness (QED) is 0.805. The van der Waals surface area contributed by atoms with Crippen molar-refractivity contribution in [2.45, 2.75) is 55.3 Å². The summed E-state index contributed by atoms with van der Waals surface area (Å²) < 4.78 is 38.6. The molecular weight excluding hydrogens is 349 g/mol. The van der Waals surface area contributed by atoms with Crippen molar-refractivity contribution in [3.05, 3.63) is 29.3 Å². The number of hydrogen-bond acceptors (Lipinski definition) is 3. The smallest absolute Gasteiger partial charge is 0.348 e. The van der Waals surface area contributed by atoms with Crippen molar-refractivity contribution in [1.29, 1.82) is 0 Å². The molecule has 1 heterocycles. The molecule has 0 aromatic heterocycles. The number of likely N-dealkylation sites (tertiary alicyclic amines) is 1. The molecule has 1 N–H and O–H groups in total. The highest BCUT2D eigenvalue weighted by Gasteiger charge is 2.35. The Morgan fingerprint density at radius 2 is 1.92 bits per heavy atom. The predicted molar refractivity (Wildman–Crippen MR) is 92.9 cm³/mol. The number of carbonyl (C=O) groups is 1. The Balaban J connectivity index is 1.74. The normalized spacial score (nSPS) is 24.6. The van der Waals surface area contributed by atoms with E-state index in [1.807, 2.05) is 0 Å². The third kappa shape index (κ3) is 4.14. The van der Waals surface area contributed by atoms with Crippen LogP contribution < -0.4 is 5.32 Å². The maximum atomic E-state index is 12.9. The number of amides is 1. The number of rotatable bonds is 4. The lowest BCUT2D eigenvalue weighted by Crippen LogP contribution is -2.47. The second kappa shape index (κ2) is 7.58. The molecule has 0 unspecified atom stereocenters. The van der Waals surface area contributed by atoms with Crippen LogP contribution in [0.3, 0.4) is 0 Å². The van der Waals surface area contributed by atoms with Crippen LogP contribution in [0.1, 0.15) is 48.0 Å². The molecule has 1 aromatic carbocycles. The van der Waals surface area contributed by atoms with Gasteiger partial charge in [0.15, 0.2) is 0 Å².